The standard InChI is InChI=1S/C13H16ClN3Si/c14-12-3-5-13(6-4-12)18(7-1-2-8-18)11-17-10-15-9-16-17/h3-6,9-10H,1-2,7-8,11H2. The van der Waals surface area contributed by atoms with Gasteiger partial charge in [0.2, 0.25) is 0 Å². The third-order valence-electron chi connectivity index (χ3n) is 3.95. The zero-order valence-corrected chi connectivity index (χ0v) is 12.0. The first-order valence-electron chi connectivity index (χ1n) is 6.37. The van der Waals surface area contributed by atoms with Crippen molar-refractivity contribution in [2.75, 3.05) is 0 Å². The highest BCUT2D eigenvalue weighted by Gasteiger charge is 2.38. The maximum atomic E-state index is 5.99. The summed E-state index contributed by atoms with van der Waals surface area (Å²) in [6.45, 7) is 0. The van der Waals surface area contributed by atoms with Crippen LogP contribution in [0.4, 0.5) is 0 Å². The molecule has 0 radical (unpaired) electrons. The normalized spacial score (nSPS) is 18.1. The summed E-state index contributed by atoms with van der Waals surface area (Å²) in [7, 11) is -1.43. The summed E-state index contributed by atoms with van der Waals surface area (Å²) < 4.78 is 2.01. The predicted molar refractivity (Wildman–Crippen MR) is 75.7 cm³/mol. The summed E-state index contributed by atoms with van der Waals surface area (Å²) in [6, 6.07) is 11.2. The molecule has 0 saturated carbocycles. The molecule has 2 heterocycles. The van der Waals surface area contributed by atoms with Gasteiger partial charge in [-0.1, -0.05) is 53.9 Å². The molecule has 5 heteroatoms. The molecule has 1 aromatic carbocycles. The zero-order valence-electron chi connectivity index (χ0n) is 10.2. The van der Waals surface area contributed by atoms with Gasteiger partial charge >= 0.3 is 0 Å². The largest absolute Gasteiger partial charge is 0.256 e. The number of hydrogen-bond donors (Lipinski definition) is 0. The average molecular weight is 278 g/mol. The fraction of sp³-hybridized carbons (Fsp3) is 0.385. The summed E-state index contributed by atoms with van der Waals surface area (Å²) in [4.78, 5) is 4.06. The van der Waals surface area contributed by atoms with Gasteiger partial charge in [0.25, 0.3) is 0 Å². The minimum absolute atomic E-state index is 0.821. The lowest BCUT2D eigenvalue weighted by Gasteiger charge is -2.27. The summed E-state index contributed by atoms with van der Waals surface area (Å²) in [5.41, 5.74) is 0. The molecule has 1 aliphatic rings. The average Bonchev–Trinajstić information content (AvgIpc) is 3.03. The fourth-order valence-electron chi connectivity index (χ4n) is 3.02. The Kier molecular flexibility index (Phi) is 3.22. The van der Waals surface area contributed by atoms with Crippen LogP contribution in [0.15, 0.2) is 36.9 Å². The number of benzene rings is 1. The van der Waals surface area contributed by atoms with E-state index in [9.17, 15) is 0 Å². The first-order chi connectivity index (χ1) is 8.78. The molecule has 1 fully saturated rings. The third kappa shape index (κ3) is 2.22. The molecule has 0 spiro atoms. The molecule has 0 aliphatic carbocycles. The molecule has 0 N–H and O–H groups in total. The van der Waals surface area contributed by atoms with Gasteiger partial charge < -0.3 is 0 Å². The number of aromatic nitrogens is 3. The first-order valence-corrected chi connectivity index (χ1v) is 9.37. The van der Waals surface area contributed by atoms with E-state index >= 15 is 0 Å². The van der Waals surface area contributed by atoms with Crippen molar-refractivity contribution in [2.45, 2.75) is 31.1 Å². The van der Waals surface area contributed by atoms with Crippen LogP contribution in [0.3, 0.4) is 0 Å². The van der Waals surface area contributed by atoms with Crippen LogP contribution in [-0.4, -0.2) is 22.8 Å². The Bertz CT molecular complexity index is 504. The zero-order chi connectivity index (χ0) is 12.4. The van der Waals surface area contributed by atoms with Gasteiger partial charge in [0.05, 0.1) is 0 Å². The van der Waals surface area contributed by atoms with Gasteiger partial charge in [-0.15, -0.1) is 0 Å². The maximum absolute atomic E-state index is 5.99. The lowest BCUT2D eigenvalue weighted by molar-refractivity contribution is 0.721. The lowest BCUT2D eigenvalue weighted by Crippen LogP contribution is -2.49. The molecule has 1 aromatic heterocycles. The van der Waals surface area contributed by atoms with E-state index in [2.05, 4.69) is 22.2 Å². The Morgan fingerprint density at radius 3 is 2.50 bits per heavy atom. The van der Waals surface area contributed by atoms with Crippen molar-refractivity contribution >= 4 is 24.9 Å². The molecular weight excluding hydrogens is 262 g/mol. The fourth-order valence-corrected chi connectivity index (χ4v) is 7.98. The molecule has 0 amide bonds. The Morgan fingerprint density at radius 1 is 1.17 bits per heavy atom. The van der Waals surface area contributed by atoms with E-state index in [0.29, 0.717) is 0 Å². The first kappa shape index (κ1) is 11.9. The van der Waals surface area contributed by atoms with E-state index in [1.54, 1.807) is 6.33 Å². The second kappa shape index (κ2) is 4.86. The summed E-state index contributed by atoms with van der Waals surface area (Å²) in [6.07, 6.45) is 7.21. The maximum Gasteiger partial charge on any atom is 0.137 e. The number of halogens is 1. The molecule has 3 nitrogen and oxygen atoms in total. The minimum atomic E-state index is -1.43. The van der Waals surface area contributed by atoms with Crippen LogP contribution in [0.25, 0.3) is 0 Å². The highest BCUT2D eigenvalue weighted by molar-refractivity contribution is 6.91. The SMILES string of the molecule is Clc1ccc([Si]2(Cn3cncn3)CCCC2)cc1. The number of rotatable bonds is 3. The van der Waals surface area contributed by atoms with Crippen LogP contribution >= 0.6 is 11.6 Å². The van der Waals surface area contributed by atoms with Crippen molar-refractivity contribution in [3.05, 3.63) is 41.9 Å². The monoisotopic (exact) mass is 277 g/mol. The smallest absolute Gasteiger partial charge is 0.137 e. The van der Waals surface area contributed by atoms with E-state index < -0.39 is 8.07 Å². The van der Waals surface area contributed by atoms with Gasteiger partial charge in [0.1, 0.15) is 20.7 Å². The molecule has 0 atom stereocenters. The number of nitrogens with zero attached hydrogens (tertiary/aromatic N) is 3. The van der Waals surface area contributed by atoms with Crippen molar-refractivity contribution in [1.82, 2.24) is 14.8 Å². The van der Waals surface area contributed by atoms with Gasteiger partial charge in [0.15, 0.2) is 0 Å². The molecular formula is C13H16ClN3Si. The topological polar surface area (TPSA) is 30.7 Å². The van der Waals surface area contributed by atoms with Crippen LogP contribution in [0.5, 0.6) is 0 Å². The molecule has 94 valence electrons. The quantitative estimate of drug-likeness (QED) is 0.808. The van der Waals surface area contributed by atoms with Crippen LogP contribution in [-0.2, 0) is 6.17 Å². The molecule has 0 unspecified atom stereocenters. The summed E-state index contributed by atoms with van der Waals surface area (Å²) in [5, 5.41) is 6.62. The van der Waals surface area contributed by atoms with Gasteiger partial charge in [-0.25, -0.2) is 4.98 Å². The third-order valence-corrected chi connectivity index (χ3v) is 9.31. The minimum Gasteiger partial charge on any atom is -0.256 e. The predicted octanol–water partition coefficient (Wildman–Crippen LogP) is 2.62. The Labute approximate surface area is 113 Å². The number of hydrogen-bond acceptors (Lipinski definition) is 2. The molecule has 3 rings (SSSR count). The Morgan fingerprint density at radius 2 is 1.89 bits per heavy atom. The van der Waals surface area contributed by atoms with Crippen molar-refractivity contribution in [2.24, 2.45) is 0 Å². The van der Waals surface area contributed by atoms with Crippen molar-refractivity contribution < 1.29 is 0 Å². The van der Waals surface area contributed by atoms with Gasteiger partial charge in [-0.2, -0.15) is 5.10 Å². The van der Waals surface area contributed by atoms with Crippen LogP contribution in [0.1, 0.15) is 12.8 Å². The molecule has 2 aromatic rings. The van der Waals surface area contributed by atoms with E-state index in [0.717, 1.165) is 11.2 Å². The lowest BCUT2D eigenvalue weighted by atomic mass is 10.4. The molecule has 1 aliphatic heterocycles. The highest BCUT2D eigenvalue weighted by atomic mass is 35.5. The Balaban J connectivity index is 1.93. The van der Waals surface area contributed by atoms with Gasteiger partial charge in [0, 0.05) is 11.2 Å². The van der Waals surface area contributed by atoms with Gasteiger partial charge in [-0.3, -0.25) is 4.68 Å². The van der Waals surface area contributed by atoms with E-state index in [-0.39, 0.29) is 0 Å². The molecule has 0 bridgehead atoms. The summed E-state index contributed by atoms with van der Waals surface area (Å²) >= 11 is 5.99. The molecule has 1 saturated heterocycles. The highest BCUT2D eigenvalue weighted by Crippen LogP contribution is 2.31. The van der Waals surface area contributed by atoms with Crippen molar-refractivity contribution in [3.63, 3.8) is 0 Å². The molecule has 18 heavy (non-hydrogen) atoms. The van der Waals surface area contributed by atoms with Crippen LogP contribution < -0.4 is 5.19 Å². The second-order valence-corrected chi connectivity index (χ2v) is 9.98. The summed E-state index contributed by atoms with van der Waals surface area (Å²) in [5.74, 6) is 0. The van der Waals surface area contributed by atoms with E-state index in [1.165, 1.54) is 30.1 Å². The van der Waals surface area contributed by atoms with Gasteiger partial charge in [-0.05, 0) is 12.1 Å². The Hall–Kier alpha value is -1.13. The van der Waals surface area contributed by atoms with Crippen LogP contribution in [0.2, 0.25) is 17.1 Å². The van der Waals surface area contributed by atoms with E-state index in [4.69, 9.17) is 11.6 Å². The van der Waals surface area contributed by atoms with E-state index in [1.807, 2.05) is 23.1 Å². The second-order valence-electron chi connectivity index (χ2n) is 5.09. The van der Waals surface area contributed by atoms with Crippen LogP contribution in [0, 0.1) is 0 Å². The van der Waals surface area contributed by atoms with Crippen molar-refractivity contribution in [1.29, 1.82) is 0 Å². The van der Waals surface area contributed by atoms with Crippen molar-refractivity contribution in [3.8, 4) is 0 Å².